The third-order valence-electron chi connectivity index (χ3n) is 3.45. The smallest absolute Gasteiger partial charge is 0.0471 e. The van der Waals surface area contributed by atoms with E-state index in [-0.39, 0.29) is 0 Å². The van der Waals surface area contributed by atoms with E-state index in [0.29, 0.717) is 18.6 Å². The molecule has 1 aromatic rings. The highest BCUT2D eigenvalue weighted by Gasteiger charge is 2.26. The maximum absolute atomic E-state index is 9.13. The summed E-state index contributed by atoms with van der Waals surface area (Å²) in [6, 6.07) is 8.42. The lowest BCUT2D eigenvalue weighted by Gasteiger charge is -2.24. The van der Waals surface area contributed by atoms with Crippen molar-refractivity contribution in [1.82, 2.24) is 4.90 Å². The molecule has 1 saturated heterocycles. The first kappa shape index (κ1) is 11.9. The summed E-state index contributed by atoms with van der Waals surface area (Å²) in [5.74, 6) is 0.446. The van der Waals surface area contributed by atoms with E-state index in [1.807, 2.05) is 18.2 Å². The van der Waals surface area contributed by atoms with Crippen molar-refractivity contribution in [2.75, 3.05) is 19.7 Å². The molecule has 88 valence electrons. The fourth-order valence-corrected chi connectivity index (χ4v) is 2.54. The standard InChI is InChI=1S/C13H18ClNO/c1-10(12-3-2-4-13(14)7-12)15-6-5-11(8-15)9-16/h2-4,7,10-11,16H,5-6,8-9H2,1H3. The molecule has 0 radical (unpaired) electrons. The van der Waals surface area contributed by atoms with Gasteiger partial charge in [0.15, 0.2) is 0 Å². The van der Waals surface area contributed by atoms with Gasteiger partial charge in [0.1, 0.15) is 0 Å². The Kier molecular flexibility index (Phi) is 3.85. The largest absolute Gasteiger partial charge is 0.396 e. The van der Waals surface area contributed by atoms with Crippen LogP contribution in [0.4, 0.5) is 0 Å². The zero-order valence-corrected chi connectivity index (χ0v) is 10.3. The fraction of sp³-hybridized carbons (Fsp3) is 0.538. The number of nitrogens with zero attached hydrogens (tertiary/aromatic N) is 1. The monoisotopic (exact) mass is 239 g/mol. The summed E-state index contributed by atoms with van der Waals surface area (Å²) in [6.07, 6.45) is 1.10. The maximum atomic E-state index is 9.13. The number of rotatable bonds is 3. The quantitative estimate of drug-likeness (QED) is 0.877. The molecule has 0 amide bonds. The third kappa shape index (κ3) is 2.57. The number of aliphatic hydroxyl groups is 1. The van der Waals surface area contributed by atoms with Gasteiger partial charge in [-0.1, -0.05) is 23.7 Å². The molecule has 1 aliphatic rings. The molecule has 2 rings (SSSR count). The molecule has 1 aromatic carbocycles. The molecule has 0 aromatic heterocycles. The Morgan fingerprint density at radius 2 is 2.38 bits per heavy atom. The van der Waals surface area contributed by atoms with Gasteiger partial charge in [0.25, 0.3) is 0 Å². The number of halogens is 1. The van der Waals surface area contributed by atoms with Gasteiger partial charge in [-0.3, -0.25) is 4.90 Å². The third-order valence-corrected chi connectivity index (χ3v) is 3.69. The average Bonchev–Trinajstić information content (AvgIpc) is 2.76. The second kappa shape index (κ2) is 5.17. The van der Waals surface area contributed by atoms with Gasteiger partial charge in [0.2, 0.25) is 0 Å². The number of hydrogen-bond donors (Lipinski definition) is 1. The normalized spacial score (nSPS) is 23.6. The molecule has 2 atom stereocenters. The van der Waals surface area contributed by atoms with Crippen LogP contribution in [0, 0.1) is 5.92 Å². The van der Waals surface area contributed by atoms with Gasteiger partial charge in [-0.05, 0) is 43.5 Å². The van der Waals surface area contributed by atoms with Crippen molar-refractivity contribution in [3.63, 3.8) is 0 Å². The van der Waals surface area contributed by atoms with E-state index in [4.69, 9.17) is 16.7 Å². The van der Waals surface area contributed by atoms with E-state index >= 15 is 0 Å². The molecule has 1 fully saturated rings. The van der Waals surface area contributed by atoms with E-state index < -0.39 is 0 Å². The van der Waals surface area contributed by atoms with Crippen molar-refractivity contribution in [3.05, 3.63) is 34.9 Å². The van der Waals surface area contributed by atoms with E-state index in [0.717, 1.165) is 24.5 Å². The summed E-state index contributed by atoms with van der Waals surface area (Å²) >= 11 is 5.99. The zero-order valence-electron chi connectivity index (χ0n) is 9.56. The van der Waals surface area contributed by atoms with Gasteiger partial charge in [-0.2, -0.15) is 0 Å². The van der Waals surface area contributed by atoms with Crippen molar-refractivity contribution in [2.45, 2.75) is 19.4 Å². The predicted octanol–water partition coefficient (Wildman–Crippen LogP) is 2.72. The van der Waals surface area contributed by atoms with Gasteiger partial charge < -0.3 is 5.11 Å². The molecule has 2 nitrogen and oxygen atoms in total. The summed E-state index contributed by atoms with van der Waals surface area (Å²) in [6.45, 7) is 4.56. The van der Waals surface area contributed by atoms with Crippen LogP contribution in [0.25, 0.3) is 0 Å². The lowest BCUT2D eigenvalue weighted by molar-refractivity contribution is 0.204. The molecule has 16 heavy (non-hydrogen) atoms. The minimum absolute atomic E-state index is 0.304. The number of hydrogen-bond acceptors (Lipinski definition) is 2. The maximum Gasteiger partial charge on any atom is 0.0471 e. The van der Waals surface area contributed by atoms with Crippen molar-refractivity contribution >= 4 is 11.6 Å². The minimum Gasteiger partial charge on any atom is -0.396 e. The van der Waals surface area contributed by atoms with Crippen molar-refractivity contribution in [1.29, 1.82) is 0 Å². The van der Waals surface area contributed by atoms with Gasteiger partial charge in [0.05, 0.1) is 0 Å². The molecule has 1 N–H and O–H groups in total. The summed E-state index contributed by atoms with van der Waals surface area (Å²) < 4.78 is 0. The Labute approximate surface area is 102 Å². The molecular weight excluding hydrogens is 222 g/mol. The van der Waals surface area contributed by atoms with Crippen LogP contribution in [0.15, 0.2) is 24.3 Å². The topological polar surface area (TPSA) is 23.5 Å². The first-order chi connectivity index (χ1) is 7.70. The fourth-order valence-electron chi connectivity index (χ4n) is 2.34. The van der Waals surface area contributed by atoms with Crippen molar-refractivity contribution in [2.24, 2.45) is 5.92 Å². The highest BCUT2D eigenvalue weighted by molar-refractivity contribution is 6.30. The van der Waals surface area contributed by atoms with Crippen molar-refractivity contribution < 1.29 is 5.11 Å². The SMILES string of the molecule is CC(c1cccc(Cl)c1)N1CCC(CO)C1. The Bertz CT molecular complexity index is 356. The van der Waals surface area contributed by atoms with Crippen LogP contribution in [-0.4, -0.2) is 29.7 Å². The summed E-state index contributed by atoms with van der Waals surface area (Å²) in [5.41, 5.74) is 1.26. The molecule has 0 spiro atoms. The lowest BCUT2D eigenvalue weighted by Crippen LogP contribution is -2.25. The zero-order chi connectivity index (χ0) is 11.5. The summed E-state index contributed by atoms with van der Waals surface area (Å²) in [5, 5.41) is 9.93. The van der Waals surface area contributed by atoms with E-state index in [1.54, 1.807) is 0 Å². The van der Waals surface area contributed by atoms with Crippen LogP contribution in [0.3, 0.4) is 0 Å². The predicted molar refractivity (Wildman–Crippen MR) is 66.6 cm³/mol. The average molecular weight is 240 g/mol. The van der Waals surface area contributed by atoms with Crippen molar-refractivity contribution in [3.8, 4) is 0 Å². The molecule has 2 unspecified atom stereocenters. The Morgan fingerprint density at radius 1 is 1.56 bits per heavy atom. The summed E-state index contributed by atoms with van der Waals surface area (Å²) in [4.78, 5) is 2.41. The van der Waals surface area contributed by atoms with Gasteiger partial charge in [-0.25, -0.2) is 0 Å². The van der Waals surface area contributed by atoms with E-state index in [2.05, 4.69) is 17.9 Å². The lowest BCUT2D eigenvalue weighted by atomic mass is 10.1. The molecule has 0 saturated carbocycles. The first-order valence-electron chi connectivity index (χ1n) is 5.81. The van der Waals surface area contributed by atoms with Crippen LogP contribution in [0.5, 0.6) is 0 Å². The Balaban J connectivity index is 2.05. The highest BCUT2D eigenvalue weighted by Crippen LogP contribution is 2.28. The minimum atomic E-state index is 0.304. The molecular formula is C13H18ClNO. The molecule has 1 heterocycles. The van der Waals surface area contributed by atoms with Crippen LogP contribution in [0.2, 0.25) is 5.02 Å². The number of aliphatic hydroxyl groups excluding tert-OH is 1. The highest BCUT2D eigenvalue weighted by atomic mass is 35.5. The Hall–Kier alpha value is -0.570. The van der Waals surface area contributed by atoms with Crippen LogP contribution in [-0.2, 0) is 0 Å². The van der Waals surface area contributed by atoms with Crippen LogP contribution in [0.1, 0.15) is 24.9 Å². The second-order valence-electron chi connectivity index (χ2n) is 4.56. The van der Waals surface area contributed by atoms with E-state index in [9.17, 15) is 0 Å². The number of benzene rings is 1. The molecule has 1 aliphatic heterocycles. The van der Waals surface area contributed by atoms with E-state index in [1.165, 1.54) is 5.56 Å². The van der Waals surface area contributed by atoms with Crippen LogP contribution >= 0.6 is 11.6 Å². The van der Waals surface area contributed by atoms with Gasteiger partial charge in [-0.15, -0.1) is 0 Å². The van der Waals surface area contributed by atoms with Gasteiger partial charge >= 0.3 is 0 Å². The van der Waals surface area contributed by atoms with Gasteiger partial charge in [0, 0.05) is 24.2 Å². The second-order valence-corrected chi connectivity index (χ2v) is 5.00. The number of likely N-dealkylation sites (tertiary alicyclic amines) is 1. The van der Waals surface area contributed by atoms with Crippen LogP contribution < -0.4 is 0 Å². The molecule has 3 heteroatoms. The Morgan fingerprint density at radius 3 is 3.00 bits per heavy atom. The molecule has 0 bridgehead atoms. The first-order valence-corrected chi connectivity index (χ1v) is 6.19. The summed E-state index contributed by atoms with van der Waals surface area (Å²) in [7, 11) is 0. The molecule has 0 aliphatic carbocycles.